The van der Waals surface area contributed by atoms with Gasteiger partial charge in [0.25, 0.3) is 5.91 Å². The largest absolute Gasteiger partial charge is 0.496 e. The summed E-state index contributed by atoms with van der Waals surface area (Å²) in [5.74, 6) is 0.714. The summed E-state index contributed by atoms with van der Waals surface area (Å²) in [4.78, 5) is 28.4. The number of hydrogen-bond acceptors (Lipinski definition) is 4. The first-order valence-electron chi connectivity index (χ1n) is 8.63. The molecule has 2 saturated heterocycles. The molecule has 2 aliphatic heterocycles. The number of carbonyl (C=O) groups is 2. The van der Waals surface area contributed by atoms with E-state index in [-0.39, 0.29) is 24.1 Å². The monoisotopic (exact) mass is 410 g/mol. The minimum atomic E-state index is -0.212. The van der Waals surface area contributed by atoms with Gasteiger partial charge in [0, 0.05) is 24.7 Å². The normalized spacial score (nSPS) is 21.4. The average Bonchev–Trinajstić information content (AvgIpc) is 3.01. The van der Waals surface area contributed by atoms with Crippen molar-refractivity contribution in [3.05, 3.63) is 28.2 Å². The van der Waals surface area contributed by atoms with Crippen molar-refractivity contribution in [2.45, 2.75) is 38.3 Å². The number of likely N-dealkylation sites (tertiary alicyclic amines) is 1. The van der Waals surface area contributed by atoms with Crippen molar-refractivity contribution in [3.63, 3.8) is 0 Å². The quantitative estimate of drug-likeness (QED) is 0.763. The summed E-state index contributed by atoms with van der Waals surface area (Å²) in [6.45, 7) is 3.84. The summed E-state index contributed by atoms with van der Waals surface area (Å²) in [6, 6.07) is 5.68. The van der Waals surface area contributed by atoms with Crippen LogP contribution >= 0.6 is 15.9 Å². The molecule has 0 spiro atoms. The Morgan fingerprint density at radius 2 is 2.08 bits per heavy atom. The number of amides is 2. The van der Waals surface area contributed by atoms with Crippen LogP contribution in [0, 0.1) is 0 Å². The Bertz CT molecular complexity index is 658. The molecule has 1 aromatic carbocycles. The molecule has 3 rings (SSSR count). The molecule has 7 heteroatoms. The Balaban J connectivity index is 1.63. The lowest BCUT2D eigenvalue weighted by Gasteiger charge is -2.37. The standard InChI is InChI=1S/C18H23BrN2O4/c1-3-13-11-25-18(23)21(13)14-6-8-20(9-7-14)17(22)12-4-5-16(24-2)15(19)10-12/h4-5,10,13-14H,3,6-9,11H2,1-2H3. The Kier molecular flexibility index (Phi) is 5.51. The molecule has 0 radical (unpaired) electrons. The van der Waals surface area contributed by atoms with Crippen LogP contribution in [0.2, 0.25) is 0 Å². The SMILES string of the molecule is CCC1COC(=O)N1C1CCN(C(=O)c2ccc(OC)c(Br)c2)CC1. The summed E-state index contributed by atoms with van der Waals surface area (Å²) >= 11 is 3.42. The van der Waals surface area contributed by atoms with Crippen molar-refractivity contribution in [2.24, 2.45) is 0 Å². The van der Waals surface area contributed by atoms with E-state index in [1.165, 1.54) is 0 Å². The minimum absolute atomic E-state index is 0.0119. The van der Waals surface area contributed by atoms with Crippen LogP contribution in [-0.4, -0.2) is 60.7 Å². The maximum absolute atomic E-state index is 12.7. The molecule has 1 unspecified atom stereocenters. The summed E-state index contributed by atoms with van der Waals surface area (Å²) in [5, 5.41) is 0. The number of hydrogen-bond donors (Lipinski definition) is 0. The second-order valence-corrected chi connectivity index (χ2v) is 7.27. The molecule has 6 nitrogen and oxygen atoms in total. The fraction of sp³-hybridized carbons (Fsp3) is 0.556. The first-order valence-corrected chi connectivity index (χ1v) is 9.42. The van der Waals surface area contributed by atoms with E-state index < -0.39 is 0 Å². The average molecular weight is 411 g/mol. The smallest absolute Gasteiger partial charge is 0.410 e. The summed E-state index contributed by atoms with van der Waals surface area (Å²) in [6.07, 6.45) is 2.25. The maximum Gasteiger partial charge on any atom is 0.410 e. The van der Waals surface area contributed by atoms with Crippen LogP contribution in [0.5, 0.6) is 5.75 Å². The molecule has 2 heterocycles. The number of halogens is 1. The van der Waals surface area contributed by atoms with Crippen molar-refractivity contribution in [1.29, 1.82) is 0 Å². The number of nitrogens with zero attached hydrogens (tertiary/aromatic N) is 2. The molecule has 0 saturated carbocycles. The van der Waals surface area contributed by atoms with Gasteiger partial charge in [-0.1, -0.05) is 6.92 Å². The Morgan fingerprint density at radius 3 is 2.68 bits per heavy atom. The number of ether oxygens (including phenoxy) is 2. The van der Waals surface area contributed by atoms with Crippen molar-refractivity contribution in [2.75, 3.05) is 26.8 Å². The number of rotatable bonds is 4. The molecule has 2 amide bonds. The van der Waals surface area contributed by atoms with Crippen LogP contribution in [0.3, 0.4) is 0 Å². The number of methoxy groups -OCH3 is 1. The van der Waals surface area contributed by atoms with Gasteiger partial charge in [-0.15, -0.1) is 0 Å². The van der Waals surface area contributed by atoms with Gasteiger partial charge >= 0.3 is 6.09 Å². The fourth-order valence-electron chi connectivity index (χ4n) is 3.56. The van der Waals surface area contributed by atoms with Crippen molar-refractivity contribution in [1.82, 2.24) is 9.80 Å². The van der Waals surface area contributed by atoms with E-state index in [0.717, 1.165) is 23.7 Å². The van der Waals surface area contributed by atoms with Gasteiger partial charge in [0.2, 0.25) is 0 Å². The van der Waals surface area contributed by atoms with Gasteiger partial charge in [0.05, 0.1) is 17.6 Å². The van der Waals surface area contributed by atoms with Crippen LogP contribution in [0.25, 0.3) is 0 Å². The highest BCUT2D eigenvalue weighted by molar-refractivity contribution is 9.10. The van der Waals surface area contributed by atoms with E-state index >= 15 is 0 Å². The van der Waals surface area contributed by atoms with Crippen molar-refractivity contribution in [3.8, 4) is 5.75 Å². The Hall–Kier alpha value is -1.76. The van der Waals surface area contributed by atoms with Gasteiger partial charge < -0.3 is 14.4 Å². The van der Waals surface area contributed by atoms with E-state index in [1.807, 2.05) is 9.80 Å². The Labute approximate surface area is 156 Å². The van der Waals surface area contributed by atoms with Crippen molar-refractivity contribution < 1.29 is 19.1 Å². The maximum atomic E-state index is 12.7. The fourth-order valence-corrected chi connectivity index (χ4v) is 4.10. The topological polar surface area (TPSA) is 59.1 Å². The number of carbonyl (C=O) groups excluding carboxylic acids is 2. The molecule has 25 heavy (non-hydrogen) atoms. The van der Waals surface area contributed by atoms with E-state index in [4.69, 9.17) is 9.47 Å². The van der Waals surface area contributed by atoms with E-state index in [9.17, 15) is 9.59 Å². The molecule has 0 N–H and O–H groups in total. The van der Waals surface area contributed by atoms with Gasteiger partial charge in [-0.3, -0.25) is 9.69 Å². The highest BCUT2D eigenvalue weighted by Crippen LogP contribution is 2.28. The first-order chi connectivity index (χ1) is 12.0. The van der Waals surface area contributed by atoms with Crippen LogP contribution < -0.4 is 4.74 Å². The summed E-state index contributed by atoms with van der Waals surface area (Å²) in [5.41, 5.74) is 0.637. The van der Waals surface area contributed by atoms with Gasteiger partial charge in [0.15, 0.2) is 0 Å². The van der Waals surface area contributed by atoms with Gasteiger partial charge in [-0.25, -0.2) is 4.79 Å². The predicted octanol–water partition coefficient (Wildman–Crippen LogP) is 3.29. The van der Waals surface area contributed by atoms with Gasteiger partial charge in [0.1, 0.15) is 12.4 Å². The molecule has 0 aliphatic carbocycles. The lowest BCUT2D eigenvalue weighted by atomic mass is 10.0. The molecular formula is C18H23BrN2O4. The molecule has 2 fully saturated rings. The molecule has 0 bridgehead atoms. The molecule has 0 aromatic heterocycles. The zero-order valence-corrected chi connectivity index (χ0v) is 16.1. The highest BCUT2D eigenvalue weighted by Gasteiger charge is 2.39. The number of cyclic esters (lactones) is 1. The molecule has 1 atom stereocenters. The number of piperidine rings is 1. The van der Waals surface area contributed by atoms with Gasteiger partial charge in [-0.05, 0) is 53.4 Å². The molecule has 2 aliphatic rings. The predicted molar refractivity (Wildman–Crippen MR) is 96.9 cm³/mol. The summed E-state index contributed by atoms with van der Waals surface area (Å²) < 4.78 is 11.2. The van der Waals surface area contributed by atoms with E-state index in [1.54, 1.807) is 25.3 Å². The lowest BCUT2D eigenvalue weighted by molar-refractivity contribution is 0.0635. The Morgan fingerprint density at radius 1 is 1.36 bits per heavy atom. The van der Waals surface area contributed by atoms with Gasteiger partial charge in [-0.2, -0.15) is 0 Å². The molecular weight excluding hydrogens is 388 g/mol. The van der Waals surface area contributed by atoms with Crippen molar-refractivity contribution >= 4 is 27.9 Å². The second-order valence-electron chi connectivity index (χ2n) is 6.42. The van der Waals surface area contributed by atoms with Crippen LogP contribution in [0.4, 0.5) is 4.79 Å². The van der Waals surface area contributed by atoms with E-state index in [0.29, 0.717) is 31.0 Å². The second kappa shape index (κ2) is 7.64. The third-order valence-electron chi connectivity index (χ3n) is 5.02. The van der Waals surface area contributed by atoms with Crippen LogP contribution in [0.15, 0.2) is 22.7 Å². The first kappa shape index (κ1) is 18.0. The third kappa shape index (κ3) is 3.61. The zero-order chi connectivity index (χ0) is 18.0. The zero-order valence-electron chi connectivity index (χ0n) is 14.5. The number of benzene rings is 1. The minimum Gasteiger partial charge on any atom is -0.496 e. The van der Waals surface area contributed by atoms with Crippen LogP contribution in [-0.2, 0) is 4.74 Å². The lowest BCUT2D eigenvalue weighted by Crippen LogP contribution is -2.49. The summed E-state index contributed by atoms with van der Waals surface area (Å²) in [7, 11) is 1.60. The van der Waals surface area contributed by atoms with E-state index in [2.05, 4.69) is 22.9 Å². The van der Waals surface area contributed by atoms with Crippen LogP contribution in [0.1, 0.15) is 36.5 Å². The third-order valence-corrected chi connectivity index (χ3v) is 5.64. The molecule has 136 valence electrons. The highest BCUT2D eigenvalue weighted by atomic mass is 79.9. The molecule has 1 aromatic rings.